The Bertz CT molecular complexity index is 1200. The maximum absolute atomic E-state index is 11.0. The number of aromatic carboxylic acids is 1. The van der Waals surface area contributed by atoms with Crippen LogP contribution in [0.2, 0.25) is 0 Å². The molecule has 0 radical (unpaired) electrons. The van der Waals surface area contributed by atoms with Gasteiger partial charge in [0.25, 0.3) is 0 Å². The number of rotatable bonds is 3. The van der Waals surface area contributed by atoms with Gasteiger partial charge in [-0.25, -0.2) is 9.78 Å². The number of hydrogen-bond acceptors (Lipinski definition) is 4. The molecule has 0 atom stereocenters. The van der Waals surface area contributed by atoms with E-state index < -0.39 is 5.97 Å². The summed E-state index contributed by atoms with van der Waals surface area (Å²) in [4.78, 5) is 15.6. The van der Waals surface area contributed by atoms with E-state index >= 15 is 0 Å². The predicted molar refractivity (Wildman–Crippen MR) is 98.8 cm³/mol. The maximum Gasteiger partial charge on any atom is 0.335 e. The van der Waals surface area contributed by atoms with Crippen LogP contribution in [0.5, 0.6) is 0 Å². The molecule has 2 aromatic carbocycles. The summed E-state index contributed by atoms with van der Waals surface area (Å²) in [7, 11) is 0. The van der Waals surface area contributed by atoms with Gasteiger partial charge >= 0.3 is 5.97 Å². The summed E-state index contributed by atoms with van der Waals surface area (Å²) in [5.74, 6) is -0.206. The van der Waals surface area contributed by atoms with Crippen molar-refractivity contribution < 1.29 is 9.90 Å². The monoisotopic (exact) mass is 342 g/mol. The second kappa shape index (κ2) is 5.90. The van der Waals surface area contributed by atoms with E-state index in [9.17, 15) is 10.1 Å². The molecule has 4 aromatic rings. The Kier molecular flexibility index (Phi) is 3.55. The van der Waals surface area contributed by atoms with Crippen molar-refractivity contribution >= 4 is 34.2 Å². The maximum atomic E-state index is 11.0. The molecule has 2 heterocycles. The minimum Gasteiger partial charge on any atom is -0.478 e. The molecule has 0 unspecified atom stereocenters. The van der Waals surface area contributed by atoms with Crippen LogP contribution < -0.4 is 5.32 Å². The van der Waals surface area contributed by atoms with Gasteiger partial charge in [-0.15, -0.1) is 0 Å². The molecule has 0 spiro atoms. The van der Waals surface area contributed by atoms with Crippen molar-refractivity contribution in [3.8, 4) is 6.07 Å². The number of para-hydroxylation sites is 2. The minimum absolute atomic E-state index is 0.227. The second-order valence-electron chi connectivity index (χ2n) is 5.97. The number of carboxylic acid groups (broad SMARTS) is 1. The number of fused-ring (bicyclic) bond motifs is 3. The Balaban J connectivity index is 1.92. The van der Waals surface area contributed by atoms with E-state index in [1.165, 1.54) is 0 Å². The number of benzene rings is 2. The van der Waals surface area contributed by atoms with E-state index in [1.807, 2.05) is 41.7 Å². The van der Waals surface area contributed by atoms with Crippen molar-refractivity contribution in [3.63, 3.8) is 0 Å². The van der Waals surface area contributed by atoms with Crippen LogP contribution in [-0.2, 0) is 0 Å². The highest BCUT2D eigenvalue weighted by atomic mass is 16.4. The van der Waals surface area contributed by atoms with Crippen LogP contribution >= 0.6 is 0 Å². The predicted octanol–water partition coefficient (Wildman–Crippen LogP) is 4.11. The SMILES string of the molecule is Cc1cc(Nc2ccc(C(=O)O)cc2)n2c(nc3ccccc32)c1C#N. The molecule has 26 heavy (non-hydrogen) atoms. The molecule has 0 aliphatic carbocycles. The summed E-state index contributed by atoms with van der Waals surface area (Å²) in [6.07, 6.45) is 0. The molecule has 2 N–H and O–H groups in total. The van der Waals surface area contributed by atoms with Crippen molar-refractivity contribution in [2.24, 2.45) is 0 Å². The summed E-state index contributed by atoms with van der Waals surface area (Å²) in [6.45, 7) is 1.87. The molecule has 0 aliphatic rings. The van der Waals surface area contributed by atoms with Gasteiger partial charge in [-0.1, -0.05) is 12.1 Å². The van der Waals surface area contributed by atoms with Gasteiger partial charge in [-0.05, 0) is 55.0 Å². The van der Waals surface area contributed by atoms with Crippen molar-refractivity contribution in [2.75, 3.05) is 5.32 Å². The summed E-state index contributed by atoms with van der Waals surface area (Å²) in [6, 6.07) is 18.3. The molecule has 6 heteroatoms. The number of hydrogen-bond donors (Lipinski definition) is 2. The highest BCUT2D eigenvalue weighted by Crippen LogP contribution is 2.28. The molecule has 0 saturated carbocycles. The van der Waals surface area contributed by atoms with E-state index in [0.29, 0.717) is 11.2 Å². The fraction of sp³-hybridized carbons (Fsp3) is 0.0500. The molecule has 6 nitrogen and oxygen atoms in total. The molecule has 0 fully saturated rings. The van der Waals surface area contributed by atoms with Crippen LogP contribution in [0.3, 0.4) is 0 Å². The lowest BCUT2D eigenvalue weighted by atomic mass is 10.1. The van der Waals surface area contributed by atoms with Gasteiger partial charge in [-0.2, -0.15) is 5.26 Å². The van der Waals surface area contributed by atoms with E-state index in [1.54, 1.807) is 24.3 Å². The van der Waals surface area contributed by atoms with Crippen molar-refractivity contribution in [1.29, 1.82) is 5.26 Å². The Morgan fingerprint density at radius 2 is 1.92 bits per heavy atom. The molecular formula is C20H14N4O2. The number of aryl methyl sites for hydroxylation is 1. The van der Waals surface area contributed by atoms with E-state index in [-0.39, 0.29) is 5.56 Å². The standard InChI is InChI=1S/C20H14N4O2/c1-12-10-18(22-14-8-6-13(7-9-14)20(25)26)24-17-5-3-2-4-16(17)23-19(24)15(12)11-21/h2-10,22H,1H3,(H,25,26). The first-order valence-electron chi connectivity index (χ1n) is 8.00. The third-order valence-electron chi connectivity index (χ3n) is 4.29. The fourth-order valence-electron chi connectivity index (χ4n) is 3.03. The molecule has 126 valence electrons. The Morgan fingerprint density at radius 3 is 2.62 bits per heavy atom. The molecular weight excluding hydrogens is 328 g/mol. The average molecular weight is 342 g/mol. The lowest BCUT2D eigenvalue weighted by Gasteiger charge is -2.12. The summed E-state index contributed by atoms with van der Waals surface area (Å²) >= 11 is 0. The number of carboxylic acids is 1. The lowest BCUT2D eigenvalue weighted by Crippen LogP contribution is -2.02. The fourth-order valence-corrected chi connectivity index (χ4v) is 3.03. The van der Waals surface area contributed by atoms with Crippen molar-refractivity contribution in [3.05, 3.63) is 71.3 Å². The third-order valence-corrected chi connectivity index (χ3v) is 4.29. The Labute approximate surface area is 149 Å². The van der Waals surface area contributed by atoms with E-state index in [0.717, 1.165) is 28.1 Å². The molecule has 2 aromatic heterocycles. The van der Waals surface area contributed by atoms with E-state index in [2.05, 4.69) is 16.4 Å². The molecule has 0 aliphatic heterocycles. The second-order valence-corrected chi connectivity index (χ2v) is 5.97. The first-order chi connectivity index (χ1) is 12.6. The Hall–Kier alpha value is -3.85. The van der Waals surface area contributed by atoms with Crippen LogP contribution in [0.4, 0.5) is 11.5 Å². The Morgan fingerprint density at radius 1 is 1.19 bits per heavy atom. The van der Waals surface area contributed by atoms with Crippen molar-refractivity contribution in [2.45, 2.75) is 6.92 Å². The van der Waals surface area contributed by atoms with Gasteiger partial charge in [0, 0.05) is 5.69 Å². The number of nitrogens with one attached hydrogen (secondary N) is 1. The van der Waals surface area contributed by atoms with Gasteiger partial charge in [0.15, 0.2) is 5.65 Å². The highest BCUT2D eigenvalue weighted by molar-refractivity contribution is 5.88. The van der Waals surface area contributed by atoms with Gasteiger partial charge in [0.2, 0.25) is 0 Å². The molecule has 0 bridgehead atoms. The number of aromatic nitrogens is 2. The smallest absolute Gasteiger partial charge is 0.335 e. The summed E-state index contributed by atoms with van der Waals surface area (Å²) < 4.78 is 1.91. The quantitative estimate of drug-likeness (QED) is 0.585. The average Bonchev–Trinajstić information content (AvgIpc) is 3.01. The van der Waals surface area contributed by atoms with Gasteiger partial charge < -0.3 is 10.4 Å². The number of anilines is 2. The van der Waals surface area contributed by atoms with Crippen LogP contribution in [0.1, 0.15) is 21.5 Å². The largest absolute Gasteiger partial charge is 0.478 e. The zero-order valence-electron chi connectivity index (χ0n) is 13.9. The van der Waals surface area contributed by atoms with Crippen LogP contribution in [-0.4, -0.2) is 20.5 Å². The first-order valence-corrected chi connectivity index (χ1v) is 8.00. The highest BCUT2D eigenvalue weighted by Gasteiger charge is 2.15. The summed E-state index contributed by atoms with van der Waals surface area (Å²) in [5.41, 5.74) is 4.62. The van der Waals surface area contributed by atoms with Gasteiger partial charge in [0.05, 0.1) is 22.2 Å². The van der Waals surface area contributed by atoms with Gasteiger partial charge in [-0.3, -0.25) is 4.40 Å². The number of nitriles is 1. The topological polar surface area (TPSA) is 90.4 Å². The number of carbonyl (C=O) groups is 1. The van der Waals surface area contributed by atoms with E-state index in [4.69, 9.17) is 5.11 Å². The van der Waals surface area contributed by atoms with Crippen LogP contribution in [0, 0.1) is 18.3 Å². The molecule has 0 amide bonds. The molecule has 4 rings (SSSR count). The lowest BCUT2D eigenvalue weighted by molar-refractivity contribution is 0.0697. The minimum atomic E-state index is -0.964. The van der Waals surface area contributed by atoms with Crippen LogP contribution in [0.25, 0.3) is 16.7 Å². The number of nitrogens with zero attached hydrogens (tertiary/aromatic N) is 3. The normalized spacial score (nSPS) is 10.8. The number of pyridine rings is 1. The van der Waals surface area contributed by atoms with Crippen LogP contribution in [0.15, 0.2) is 54.6 Å². The molecule has 0 saturated heterocycles. The number of imidazole rings is 1. The van der Waals surface area contributed by atoms with Gasteiger partial charge in [0.1, 0.15) is 11.9 Å². The zero-order chi connectivity index (χ0) is 18.3. The zero-order valence-corrected chi connectivity index (χ0v) is 13.9. The summed E-state index contributed by atoms with van der Waals surface area (Å²) in [5, 5.41) is 21.9. The van der Waals surface area contributed by atoms with Crippen molar-refractivity contribution in [1.82, 2.24) is 9.38 Å². The third kappa shape index (κ3) is 2.43. The first kappa shape index (κ1) is 15.7.